The fraction of sp³-hybridized carbons (Fsp3) is 0.391. The first-order valence-electron chi connectivity index (χ1n) is 10.6. The highest BCUT2D eigenvalue weighted by atomic mass is 16.7. The Morgan fingerprint density at radius 2 is 1.90 bits per heavy atom. The summed E-state index contributed by atoms with van der Waals surface area (Å²) in [7, 11) is 0. The van der Waals surface area contributed by atoms with Crippen LogP contribution in [0.5, 0.6) is 17.2 Å². The SMILES string of the molecule is CC[NH+]1CCC2(CC1)Oc1ccccc1[C@H]1C=C(c3ccc4c(c3)OCO4)NN12. The molecular weight excluding hydrogens is 366 g/mol. The van der Waals surface area contributed by atoms with Crippen molar-refractivity contribution >= 4 is 5.70 Å². The molecule has 1 saturated heterocycles. The smallest absolute Gasteiger partial charge is 0.231 e. The number of piperidine rings is 1. The second kappa shape index (κ2) is 6.40. The minimum Gasteiger partial charge on any atom is -0.470 e. The third-order valence-electron chi connectivity index (χ3n) is 6.74. The molecule has 4 heterocycles. The molecule has 2 aromatic carbocycles. The lowest BCUT2D eigenvalue weighted by molar-refractivity contribution is -0.906. The summed E-state index contributed by atoms with van der Waals surface area (Å²) >= 11 is 0. The fourth-order valence-electron chi connectivity index (χ4n) is 5.04. The molecule has 1 spiro atoms. The van der Waals surface area contributed by atoms with Crippen molar-refractivity contribution < 1.29 is 19.1 Å². The van der Waals surface area contributed by atoms with E-state index >= 15 is 0 Å². The Morgan fingerprint density at radius 1 is 1.07 bits per heavy atom. The van der Waals surface area contributed by atoms with Gasteiger partial charge in [0.25, 0.3) is 0 Å². The van der Waals surface area contributed by atoms with E-state index in [-0.39, 0.29) is 11.8 Å². The molecule has 0 bridgehead atoms. The second-order valence-corrected chi connectivity index (χ2v) is 8.26. The number of likely N-dealkylation sites (tertiary alicyclic amines) is 1. The van der Waals surface area contributed by atoms with Crippen LogP contribution in [0.15, 0.2) is 48.5 Å². The Bertz CT molecular complexity index is 981. The molecule has 0 amide bonds. The molecular formula is C23H26N3O3+. The minimum atomic E-state index is -0.313. The minimum absolute atomic E-state index is 0.156. The number of nitrogens with zero attached hydrogens (tertiary/aromatic N) is 1. The number of hydrogen-bond acceptors (Lipinski definition) is 5. The topological polar surface area (TPSA) is 47.4 Å². The summed E-state index contributed by atoms with van der Waals surface area (Å²) in [5, 5.41) is 2.35. The summed E-state index contributed by atoms with van der Waals surface area (Å²) in [6.45, 7) is 5.98. The van der Waals surface area contributed by atoms with E-state index < -0.39 is 0 Å². The van der Waals surface area contributed by atoms with Crippen LogP contribution < -0.4 is 24.5 Å². The molecule has 0 saturated carbocycles. The molecule has 0 aromatic heterocycles. The van der Waals surface area contributed by atoms with Crippen LogP contribution in [0.2, 0.25) is 0 Å². The summed E-state index contributed by atoms with van der Waals surface area (Å²) in [5.41, 5.74) is 6.80. The summed E-state index contributed by atoms with van der Waals surface area (Å²) in [6, 6.07) is 14.7. The molecule has 4 aliphatic rings. The number of hydrazine groups is 1. The monoisotopic (exact) mass is 392 g/mol. The number of ether oxygens (including phenoxy) is 3. The summed E-state index contributed by atoms with van der Waals surface area (Å²) in [6.07, 6.45) is 4.34. The van der Waals surface area contributed by atoms with Crippen LogP contribution in [0.1, 0.15) is 36.9 Å². The molecule has 1 atom stereocenters. The standard InChI is InChI=1S/C23H25N3O3/c1-2-25-11-9-23(10-12-25)26-19(17-5-3-4-6-20(17)29-23)14-18(24-26)16-7-8-21-22(13-16)28-15-27-21/h3-8,13-14,19,24H,2,9-12,15H2,1H3/p+1/t19-/m1/s1. The molecule has 150 valence electrons. The normalized spacial score (nSPS) is 29.6. The lowest BCUT2D eigenvalue weighted by Crippen LogP contribution is -3.13. The lowest BCUT2D eigenvalue weighted by Gasteiger charge is -2.50. The molecule has 1 fully saturated rings. The van der Waals surface area contributed by atoms with Crippen LogP contribution in [-0.2, 0) is 0 Å². The van der Waals surface area contributed by atoms with Crippen LogP contribution in [0.3, 0.4) is 0 Å². The molecule has 2 N–H and O–H groups in total. The van der Waals surface area contributed by atoms with Crippen LogP contribution in [0, 0.1) is 0 Å². The maximum Gasteiger partial charge on any atom is 0.231 e. The third-order valence-corrected chi connectivity index (χ3v) is 6.74. The van der Waals surface area contributed by atoms with Gasteiger partial charge in [-0.25, -0.2) is 0 Å². The van der Waals surface area contributed by atoms with Gasteiger partial charge in [0.2, 0.25) is 6.79 Å². The summed E-state index contributed by atoms with van der Waals surface area (Å²) in [5.74, 6) is 2.63. The Labute approximate surface area is 170 Å². The van der Waals surface area contributed by atoms with Crippen LogP contribution in [0.25, 0.3) is 5.70 Å². The average Bonchev–Trinajstić information content (AvgIpc) is 3.42. The first-order valence-corrected chi connectivity index (χ1v) is 10.6. The molecule has 29 heavy (non-hydrogen) atoms. The Kier molecular flexibility index (Phi) is 3.79. The van der Waals surface area contributed by atoms with Crippen molar-refractivity contribution in [2.45, 2.75) is 31.5 Å². The third kappa shape index (κ3) is 2.63. The predicted octanol–water partition coefficient (Wildman–Crippen LogP) is 2.10. The van der Waals surface area contributed by atoms with Gasteiger partial charge in [-0.2, -0.15) is 5.01 Å². The number of benzene rings is 2. The van der Waals surface area contributed by atoms with Crippen molar-refractivity contribution in [2.75, 3.05) is 26.4 Å². The Morgan fingerprint density at radius 3 is 2.76 bits per heavy atom. The highest BCUT2D eigenvalue weighted by molar-refractivity contribution is 5.70. The van der Waals surface area contributed by atoms with Crippen LogP contribution in [0.4, 0.5) is 0 Å². The number of para-hydroxylation sites is 1. The molecule has 2 aromatic rings. The molecule has 0 radical (unpaired) electrons. The molecule has 0 unspecified atom stereocenters. The lowest BCUT2D eigenvalue weighted by atomic mass is 9.93. The maximum atomic E-state index is 6.70. The molecule has 6 rings (SSSR count). The van der Waals surface area contributed by atoms with Crippen molar-refractivity contribution in [1.29, 1.82) is 0 Å². The van der Waals surface area contributed by atoms with Crippen molar-refractivity contribution in [3.63, 3.8) is 0 Å². The predicted molar refractivity (Wildman–Crippen MR) is 109 cm³/mol. The van der Waals surface area contributed by atoms with Crippen molar-refractivity contribution in [2.24, 2.45) is 0 Å². The first-order chi connectivity index (χ1) is 14.3. The zero-order chi connectivity index (χ0) is 19.4. The number of fused-ring (bicyclic) bond motifs is 5. The molecule has 0 aliphatic carbocycles. The zero-order valence-corrected chi connectivity index (χ0v) is 16.6. The van der Waals surface area contributed by atoms with Gasteiger partial charge in [-0.15, -0.1) is 0 Å². The van der Waals surface area contributed by atoms with Crippen molar-refractivity contribution in [3.05, 3.63) is 59.7 Å². The largest absolute Gasteiger partial charge is 0.470 e. The van der Waals surface area contributed by atoms with Gasteiger partial charge in [-0.05, 0) is 37.3 Å². The second-order valence-electron chi connectivity index (χ2n) is 8.26. The quantitative estimate of drug-likeness (QED) is 0.820. The van der Waals surface area contributed by atoms with Gasteiger partial charge in [0.15, 0.2) is 17.2 Å². The van der Waals surface area contributed by atoms with Gasteiger partial charge >= 0.3 is 0 Å². The van der Waals surface area contributed by atoms with E-state index in [1.165, 1.54) is 12.1 Å². The van der Waals surface area contributed by atoms with E-state index in [0.29, 0.717) is 6.79 Å². The van der Waals surface area contributed by atoms with Gasteiger partial charge in [-0.1, -0.05) is 18.2 Å². The van der Waals surface area contributed by atoms with E-state index in [2.05, 4.69) is 59.8 Å². The highest BCUT2D eigenvalue weighted by Crippen LogP contribution is 2.48. The number of rotatable bonds is 2. The molecule has 6 heteroatoms. The van der Waals surface area contributed by atoms with E-state index in [9.17, 15) is 0 Å². The highest BCUT2D eigenvalue weighted by Gasteiger charge is 2.52. The zero-order valence-electron chi connectivity index (χ0n) is 16.6. The Hall–Kier alpha value is -2.70. The van der Waals surface area contributed by atoms with E-state index in [0.717, 1.165) is 54.4 Å². The Balaban J connectivity index is 1.38. The van der Waals surface area contributed by atoms with Crippen LogP contribution >= 0.6 is 0 Å². The van der Waals surface area contributed by atoms with Gasteiger partial charge < -0.3 is 24.5 Å². The van der Waals surface area contributed by atoms with Gasteiger partial charge in [-0.3, -0.25) is 0 Å². The number of hydrogen-bond donors (Lipinski definition) is 2. The number of nitrogens with one attached hydrogen (secondary N) is 2. The first kappa shape index (κ1) is 17.2. The van der Waals surface area contributed by atoms with E-state index in [4.69, 9.17) is 14.2 Å². The molecule has 6 nitrogen and oxygen atoms in total. The van der Waals surface area contributed by atoms with Gasteiger partial charge in [0.05, 0.1) is 44.2 Å². The number of quaternary nitrogens is 1. The summed E-state index contributed by atoms with van der Waals surface area (Å²) in [4.78, 5) is 1.65. The molecule has 4 aliphatic heterocycles. The fourth-order valence-corrected chi connectivity index (χ4v) is 5.04. The average molecular weight is 392 g/mol. The van der Waals surface area contributed by atoms with Crippen LogP contribution in [-0.4, -0.2) is 37.2 Å². The van der Waals surface area contributed by atoms with Gasteiger partial charge in [0.1, 0.15) is 5.75 Å². The summed E-state index contributed by atoms with van der Waals surface area (Å²) < 4.78 is 17.8. The van der Waals surface area contributed by atoms with Crippen molar-refractivity contribution in [3.8, 4) is 17.2 Å². The van der Waals surface area contributed by atoms with Crippen molar-refractivity contribution in [1.82, 2.24) is 10.4 Å². The van der Waals surface area contributed by atoms with E-state index in [1.807, 2.05) is 6.07 Å². The van der Waals surface area contributed by atoms with E-state index in [1.54, 1.807) is 4.90 Å². The van der Waals surface area contributed by atoms with Gasteiger partial charge in [0, 0.05) is 11.1 Å². The maximum absolute atomic E-state index is 6.70.